The molecule has 1 heterocycles. The third-order valence-corrected chi connectivity index (χ3v) is 2.43. The first-order valence-corrected chi connectivity index (χ1v) is 6.12. The van der Waals surface area contributed by atoms with Gasteiger partial charge in [-0.3, -0.25) is 10.1 Å². The van der Waals surface area contributed by atoms with Crippen molar-refractivity contribution in [2.45, 2.75) is 33.2 Å². The molecule has 0 aromatic carbocycles. The van der Waals surface area contributed by atoms with Crippen LogP contribution in [0.1, 0.15) is 37.7 Å². The molecule has 1 rings (SSSR count). The van der Waals surface area contributed by atoms with E-state index in [9.17, 15) is 14.7 Å². The van der Waals surface area contributed by atoms with Crippen LogP contribution >= 0.6 is 0 Å². The topological polar surface area (TPSA) is 146 Å². The van der Waals surface area contributed by atoms with Gasteiger partial charge < -0.3 is 16.2 Å². The third kappa shape index (κ3) is 4.84. The lowest BCUT2D eigenvalue weighted by Gasteiger charge is -2.25. The molecule has 9 nitrogen and oxygen atoms in total. The summed E-state index contributed by atoms with van der Waals surface area (Å²) >= 11 is 0. The molecule has 6 N–H and O–H groups in total. The quantitative estimate of drug-likeness (QED) is 0.509. The minimum atomic E-state index is -0.803. The number of primary amides is 1. The molecule has 0 aliphatic heterocycles. The summed E-state index contributed by atoms with van der Waals surface area (Å²) in [5.41, 5.74) is 4.87. The maximum absolute atomic E-state index is 11.8. The number of aromatic nitrogens is 3. The van der Waals surface area contributed by atoms with Crippen molar-refractivity contribution in [1.82, 2.24) is 20.7 Å². The SMILES string of the molecule is CC(C)(C)CC(CO)NC(=O)Nc1n[nH]nc1C(N)=O. The van der Waals surface area contributed by atoms with Gasteiger partial charge in [0.2, 0.25) is 0 Å². The van der Waals surface area contributed by atoms with Crippen LogP contribution in [0, 0.1) is 5.41 Å². The lowest BCUT2D eigenvalue weighted by molar-refractivity contribution is 0.0996. The molecular weight excluding hydrogens is 264 g/mol. The zero-order chi connectivity index (χ0) is 15.3. The highest BCUT2D eigenvalue weighted by atomic mass is 16.3. The molecule has 3 amide bonds. The van der Waals surface area contributed by atoms with Gasteiger partial charge in [0.15, 0.2) is 11.5 Å². The minimum Gasteiger partial charge on any atom is -0.394 e. The molecule has 1 atom stereocenters. The normalized spacial score (nSPS) is 12.8. The lowest BCUT2D eigenvalue weighted by Crippen LogP contribution is -2.42. The van der Waals surface area contributed by atoms with E-state index in [0.717, 1.165) is 0 Å². The van der Waals surface area contributed by atoms with E-state index in [1.54, 1.807) is 0 Å². The van der Waals surface area contributed by atoms with Crippen molar-refractivity contribution in [1.29, 1.82) is 0 Å². The predicted molar refractivity (Wildman–Crippen MR) is 72.0 cm³/mol. The number of hydrogen-bond acceptors (Lipinski definition) is 5. The van der Waals surface area contributed by atoms with E-state index in [2.05, 4.69) is 26.0 Å². The standard InChI is InChI=1S/C11H20N6O3/c1-11(2,3)4-6(5-18)13-10(20)14-9-7(8(12)19)15-17-16-9/h6,18H,4-5H2,1-3H3,(H2,12,19)(H3,13,14,15,16,17,20). The van der Waals surface area contributed by atoms with Crippen LogP contribution in [0.5, 0.6) is 0 Å². The first-order chi connectivity index (χ1) is 9.23. The summed E-state index contributed by atoms with van der Waals surface area (Å²) in [5.74, 6) is -0.857. The van der Waals surface area contributed by atoms with Gasteiger partial charge in [-0.05, 0) is 11.8 Å². The van der Waals surface area contributed by atoms with Crippen LogP contribution in [0.4, 0.5) is 10.6 Å². The molecule has 0 aliphatic carbocycles. The number of aromatic amines is 1. The van der Waals surface area contributed by atoms with Gasteiger partial charge in [-0.1, -0.05) is 20.8 Å². The number of nitrogens with zero attached hydrogens (tertiary/aromatic N) is 2. The van der Waals surface area contributed by atoms with E-state index in [4.69, 9.17) is 5.73 Å². The van der Waals surface area contributed by atoms with Crippen LogP contribution in [0.15, 0.2) is 0 Å². The Morgan fingerprint density at radius 1 is 1.40 bits per heavy atom. The number of rotatable bonds is 5. The number of urea groups is 1. The van der Waals surface area contributed by atoms with Crippen LogP contribution < -0.4 is 16.4 Å². The number of aliphatic hydroxyl groups is 1. The summed E-state index contributed by atoms with van der Waals surface area (Å²) in [5, 5.41) is 23.5. The van der Waals surface area contributed by atoms with Gasteiger partial charge in [0, 0.05) is 0 Å². The predicted octanol–water partition coefficient (Wildman–Crippen LogP) is -0.178. The third-order valence-electron chi connectivity index (χ3n) is 2.43. The Balaban J connectivity index is 2.62. The van der Waals surface area contributed by atoms with Crippen molar-refractivity contribution >= 4 is 17.8 Å². The van der Waals surface area contributed by atoms with Crippen LogP contribution in [0.3, 0.4) is 0 Å². The highest BCUT2D eigenvalue weighted by molar-refractivity contribution is 5.99. The number of nitrogens with one attached hydrogen (secondary N) is 3. The maximum atomic E-state index is 11.8. The number of aliphatic hydroxyl groups excluding tert-OH is 1. The monoisotopic (exact) mass is 284 g/mol. The van der Waals surface area contributed by atoms with Crippen molar-refractivity contribution < 1.29 is 14.7 Å². The Hall–Kier alpha value is -2.16. The number of amides is 3. The molecular formula is C11H20N6O3. The molecule has 0 saturated carbocycles. The second kappa shape index (κ2) is 6.33. The molecule has 1 aromatic rings. The average molecular weight is 284 g/mol. The summed E-state index contributed by atoms with van der Waals surface area (Å²) in [4.78, 5) is 22.8. The fourth-order valence-electron chi connectivity index (χ4n) is 1.72. The summed E-state index contributed by atoms with van der Waals surface area (Å²) < 4.78 is 0. The first kappa shape index (κ1) is 15.9. The van der Waals surface area contributed by atoms with Crippen molar-refractivity contribution in [2.24, 2.45) is 11.1 Å². The van der Waals surface area contributed by atoms with Crippen molar-refractivity contribution in [2.75, 3.05) is 11.9 Å². The second-order valence-electron chi connectivity index (χ2n) is 5.63. The Labute approximate surface area is 116 Å². The Morgan fingerprint density at radius 2 is 2.05 bits per heavy atom. The van der Waals surface area contributed by atoms with E-state index >= 15 is 0 Å². The summed E-state index contributed by atoms with van der Waals surface area (Å²) in [6.45, 7) is 5.81. The summed E-state index contributed by atoms with van der Waals surface area (Å²) in [7, 11) is 0. The summed E-state index contributed by atoms with van der Waals surface area (Å²) in [6.07, 6.45) is 0.596. The van der Waals surface area contributed by atoms with E-state index in [1.807, 2.05) is 20.8 Å². The van der Waals surface area contributed by atoms with Gasteiger partial charge in [0.05, 0.1) is 12.6 Å². The van der Waals surface area contributed by atoms with Crippen LogP contribution in [-0.2, 0) is 0 Å². The molecule has 1 unspecified atom stereocenters. The molecule has 0 saturated heterocycles. The average Bonchev–Trinajstić information content (AvgIpc) is 2.74. The Kier molecular flexibility index (Phi) is 5.03. The van der Waals surface area contributed by atoms with Gasteiger partial charge >= 0.3 is 6.03 Å². The van der Waals surface area contributed by atoms with Crippen molar-refractivity contribution in [3.8, 4) is 0 Å². The van der Waals surface area contributed by atoms with E-state index in [-0.39, 0.29) is 23.5 Å². The molecule has 0 radical (unpaired) electrons. The molecule has 1 aromatic heterocycles. The molecule has 20 heavy (non-hydrogen) atoms. The van der Waals surface area contributed by atoms with Gasteiger partial charge in [-0.2, -0.15) is 5.21 Å². The minimum absolute atomic E-state index is 0.0487. The van der Waals surface area contributed by atoms with Gasteiger partial charge in [-0.25, -0.2) is 4.79 Å². The highest BCUT2D eigenvalue weighted by Gasteiger charge is 2.21. The maximum Gasteiger partial charge on any atom is 0.320 e. The lowest BCUT2D eigenvalue weighted by atomic mass is 9.88. The fourth-order valence-corrected chi connectivity index (χ4v) is 1.72. The van der Waals surface area contributed by atoms with Crippen LogP contribution in [0.25, 0.3) is 0 Å². The number of carbonyl (C=O) groups is 2. The van der Waals surface area contributed by atoms with Gasteiger partial charge in [0.1, 0.15) is 0 Å². The van der Waals surface area contributed by atoms with E-state index in [1.165, 1.54) is 0 Å². The number of nitrogens with two attached hydrogens (primary N) is 1. The molecule has 0 spiro atoms. The van der Waals surface area contributed by atoms with Crippen molar-refractivity contribution in [3.05, 3.63) is 5.69 Å². The summed E-state index contributed by atoms with van der Waals surface area (Å²) in [6, 6.07) is -0.997. The second-order valence-corrected chi connectivity index (χ2v) is 5.63. The number of carbonyl (C=O) groups excluding carboxylic acids is 2. The smallest absolute Gasteiger partial charge is 0.320 e. The number of H-pyrrole nitrogens is 1. The molecule has 9 heteroatoms. The van der Waals surface area contributed by atoms with Gasteiger partial charge in [-0.15, -0.1) is 10.2 Å². The molecule has 0 fully saturated rings. The van der Waals surface area contributed by atoms with Crippen LogP contribution in [-0.4, -0.2) is 45.1 Å². The first-order valence-electron chi connectivity index (χ1n) is 6.12. The largest absolute Gasteiger partial charge is 0.394 e. The highest BCUT2D eigenvalue weighted by Crippen LogP contribution is 2.20. The van der Waals surface area contributed by atoms with Crippen molar-refractivity contribution in [3.63, 3.8) is 0 Å². The fraction of sp³-hybridized carbons (Fsp3) is 0.636. The van der Waals surface area contributed by atoms with E-state index < -0.39 is 18.0 Å². The van der Waals surface area contributed by atoms with E-state index in [0.29, 0.717) is 6.42 Å². The molecule has 0 aliphatic rings. The number of hydrogen-bond donors (Lipinski definition) is 5. The molecule has 112 valence electrons. The molecule has 0 bridgehead atoms. The van der Waals surface area contributed by atoms with Crippen LogP contribution in [0.2, 0.25) is 0 Å². The Bertz CT molecular complexity index is 479. The Morgan fingerprint density at radius 3 is 2.55 bits per heavy atom. The zero-order valence-electron chi connectivity index (χ0n) is 11.7. The zero-order valence-corrected chi connectivity index (χ0v) is 11.7. The number of anilines is 1. The van der Waals surface area contributed by atoms with Gasteiger partial charge in [0.25, 0.3) is 5.91 Å².